The third kappa shape index (κ3) is 5.86. The van der Waals surface area contributed by atoms with Crippen LogP contribution in [0.1, 0.15) is 43.2 Å². The van der Waals surface area contributed by atoms with Gasteiger partial charge >= 0.3 is 0 Å². The lowest BCUT2D eigenvalue weighted by Gasteiger charge is -2.26. The van der Waals surface area contributed by atoms with Crippen molar-refractivity contribution in [1.29, 1.82) is 0 Å². The molecule has 3 rings (SSSR count). The van der Waals surface area contributed by atoms with Crippen LogP contribution in [0, 0.1) is 0 Å². The molecule has 1 aromatic heterocycles. The maximum absolute atomic E-state index is 12.6. The zero-order valence-electron chi connectivity index (χ0n) is 17.5. The molecular weight excluding hydrogens is 356 g/mol. The Morgan fingerprint density at radius 2 is 2.07 bits per heavy atom. The highest BCUT2D eigenvalue weighted by Gasteiger charge is 2.21. The number of carbonyl (C=O) groups is 1. The lowest BCUT2D eigenvalue weighted by molar-refractivity contribution is -0.130. The Labute approximate surface area is 168 Å². The number of anilines is 1. The molecule has 8 nitrogen and oxygen atoms in total. The van der Waals surface area contributed by atoms with Crippen LogP contribution in [0.4, 0.5) is 5.82 Å². The van der Waals surface area contributed by atoms with E-state index in [1.54, 1.807) is 4.90 Å². The summed E-state index contributed by atoms with van der Waals surface area (Å²) in [5.74, 6) is 1.90. The highest BCUT2D eigenvalue weighted by atomic mass is 16.5. The second-order valence-corrected chi connectivity index (χ2v) is 7.93. The minimum atomic E-state index is 0.166. The van der Waals surface area contributed by atoms with Crippen LogP contribution in [-0.4, -0.2) is 86.2 Å². The molecule has 0 bridgehead atoms. The number of amides is 1. The summed E-state index contributed by atoms with van der Waals surface area (Å²) in [6.45, 7) is 6.02. The van der Waals surface area contributed by atoms with E-state index in [0.29, 0.717) is 13.0 Å². The Balaban J connectivity index is 1.55. The highest BCUT2D eigenvalue weighted by Crippen LogP contribution is 2.22. The summed E-state index contributed by atoms with van der Waals surface area (Å²) in [5.41, 5.74) is 0.895. The number of carbonyl (C=O) groups excluding carboxylic acids is 1. The van der Waals surface area contributed by atoms with Crippen LogP contribution in [0.25, 0.3) is 0 Å². The fourth-order valence-electron chi connectivity index (χ4n) is 3.67. The largest absolute Gasteiger partial charge is 0.379 e. The predicted molar refractivity (Wildman–Crippen MR) is 109 cm³/mol. The number of nitrogens with zero attached hydrogens (tertiary/aromatic N) is 5. The Morgan fingerprint density at radius 1 is 1.29 bits per heavy atom. The normalized spacial score (nSPS) is 20.3. The topological polar surface area (TPSA) is 73.8 Å². The zero-order chi connectivity index (χ0) is 19.9. The van der Waals surface area contributed by atoms with Gasteiger partial charge in [-0.15, -0.1) is 0 Å². The first-order chi connectivity index (χ1) is 13.5. The molecule has 8 heteroatoms. The first-order valence-electron chi connectivity index (χ1n) is 10.4. The second kappa shape index (κ2) is 10.1. The van der Waals surface area contributed by atoms with Crippen LogP contribution in [0.2, 0.25) is 0 Å². The Hall–Kier alpha value is -1.77. The smallest absolute Gasteiger partial charge is 0.222 e. The average molecular weight is 391 g/mol. The number of hydrogen-bond donors (Lipinski definition) is 1. The van der Waals surface area contributed by atoms with Gasteiger partial charge in [0.25, 0.3) is 0 Å². The van der Waals surface area contributed by atoms with Gasteiger partial charge < -0.3 is 19.9 Å². The fraction of sp³-hybridized carbons (Fsp3) is 0.750. The van der Waals surface area contributed by atoms with E-state index in [9.17, 15) is 4.79 Å². The standard InChI is InChI=1S/C20H34N6O2/c1-24(2)18-14-16(22-20(23-18)17-6-4-8-21-17)15-25(3)19(27)7-5-9-26-10-12-28-13-11-26/h14,17,21H,4-13,15H2,1-3H3/t17-/m1/s1. The summed E-state index contributed by atoms with van der Waals surface area (Å²) in [4.78, 5) is 28.2. The van der Waals surface area contributed by atoms with Crippen LogP contribution in [-0.2, 0) is 16.1 Å². The van der Waals surface area contributed by atoms with E-state index in [4.69, 9.17) is 14.7 Å². The number of rotatable bonds is 8. The van der Waals surface area contributed by atoms with E-state index >= 15 is 0 Å². The zero-order valence-corrected chi connectivity index (χ0v) is 17.5. The number of hydrogen-bond acceptors (Lipinski definition) is 7. The van der Waals surface area contributed by atoms with E-state index in [2.05, 4.69) is 10.2 Å². The van der Waals surface area contributed by atoms with E-state index < -0.39 is 0 Å². The summed E-state index contributed by atoms with van der Waals surface area (Å²) < 4.78 is 5.37. The van der Waals surface area contributed by atoms with Gasteiger partial charge in [0.15, 0.2) is 0 Å². The van der Waals surface area contributed by atoms with Crippen LogP contribution >= 0.6 is 0 Å². The van der Waals surface area contributed by atoms with Crippen LogP contribution < -0.4 is 10.2 Å². The van der Waals surface area contributed by atoms with Gasteiger partial charge in [-0.1, -0.05) is 0 Å². The fourth-order valence-corrected chi connectivity index (χ4v) is 3.67. The summed E-state index contributed by atoms with van der Waals surface area (Å²) in [7, 11) is 5.83. The van der Waals surface area contributed by atoms with Gasteiger partial charge in [-0.05, 0) is 32.4 Å². The van der Waals surface area contributed by atoms with E-state index in [1.807, 2.05) is 32.1 Å². The van der Waals surface area contributed by atoms with Crippen molar-refractivity contribution in [1.82, 2.24) is 25.1 Å². The van der Waals surface area contributed by atoms with Crippen molar-refractivity contribution in [3.8, 4) is 0 Å². The summed E-state index contributed by atoms with van der Waals surface area (Å²) >= 11 is 0. The Kier molecular flexibility index (Phi) is 7.58. The van der Waals surface area contributed by atoms with Gasteiger partial charge in [-0.3, -0.25) is 9.69 Å². The lowest BCUT2D eigenvalue weighted by atomic mass is 10.2. The maximum atomic E-state index is 12.6. The van der Waals surface area contributed by atoms with Gasteiger partial charge in [-0.25, -0.2) is 9.97 Å². The Bertz CT molecular complexity index is 642. The van der Waals surface area contributed by atoms with Gasteiger partial charge in [0, 0.05) is 46.7 Å². The number of morpholine rings is 1. The van der Waals surface area contributed by atoms with Gasteiger partial charge in [0.1, 0.15) is 11.6 Å². The van der Waals surface area contributed by atoms with Crippen molar-refractivity contribution in [2.24, 2.45) is 0 Å². The Morgan fingerprint density at radius 3 is 2.75 bits per heavy atom. The van der Waals surface area contributed by atoms with Crippen LogP contribution in [0.15, 0.2) is 6.07 Å². The number of ether oxygens (including phenoxy) is 1. The van der Waals surface area contributed by atoms with Gasteiger partial charge in [0.05, 0.1) is 31.5 Å². The molecule has 28 heavy (non-hydrogen) atoms. The van der Waals surface area contributed by atoms with E-state index in [1.165, 1.54) is 0 Å². The first kappa shape index (κ1) is 21.0. The van der Waals surface area contributed by atoms with Crippen molar-refractivity contribution in [2.75, 3.05) is 65.4 Å². The van der Waals surface area contributed by atoms with Crippen molar-refractivity contribution < 1.29 is 9.53 Å². The van der Waals surface area contributed by atoms with Crippen LogP contribution in [0.5, 0.6) is 0 Å². The predicted octanol–water partition coefficient (Wildman–Crippen LogP) is 1.04. The van der Waals surface area contributed by atoms with Crippen molar-refractivity contribution >= 4 is 11.7 Å². The molecule has 2 saturated heterocycles. The molecule has 156 valence electrons. The van der Waals surface area contributed by atoms with Gasteiger partial charge in [0.2, 0.25) is 5.91 Å². The molecule has 1 aromatic rings. The SMILES string of the molecule is CN(Cc1cc(N(C)C)nc([C@H]2CCCN2)n1)C(=O)CCCN1CCOCC1. The molecule has 0 aromatic carbocycles. The van der Waals surface area contributed by atoms with Crippen LogP contribution in [0.3, 0.4) is 0 Å². The summed E-state index contributed by atoms with van der Waals surface area (Å²) in [5, 5.41) is 3.46. The van der Waals surface area contributed by atoms with Crippen molar-refractivity contribution in [3.05, 3.63) is 17.6 Å². The minimum absolute atomic E-state index is 0.166. The molecule has 2 aliphatic rings. The maximum Gasteiger partial charge on any atom is 0.222 e. The monoisotopic (exact) mass is 390 g/mol. The molecule has 0 radical (unpaired) electrons. The molecule has 1 atom stereocenters. The lowest BCUT2D eigenvalue weighted by Crippen LogP contribution is -2.37. The second-order valence-electron chi connectivity index (χ2n) is 7.93. The molecule has 2 aliphatic heterocycles. The number of aromatic nitrogens is 2. The van der Waals surface area contributed by atoms with Gasteiger partial charge in [-0.2, -0.15) is 0 Å². The molecule has 3 heterocycles. The molecule has 2 fully saturated rings. The molecule has 0 spiro atoms. The van der Waals surface area contributed by atoms with Crippen molar-refractivity contribution in [3.63, 3.8) is 0 Å². The average Bonchev–Trinajstić information content (AvgIpc) is 3.23. The number of nitrogens with one attached hydrogen (secondary N) is 1. The van der Waals surface area contributed by atoms with E-state index in [0.717, 1.165) is 76.0 Å². The quantitative estimate of drug-likeness (QED) is 0.711. The highest BCUT2D eigenvalue weighted by molar-refractivity contribution is 5.75. The summed E-state index contributed by atoms with van der Waals surface area (Å²) in [6.07, 6.45) is 3.66. The minimum Gasteiger partial charge on any atom is -0.379 e. The molecule has 0 unspecified atom stereocenters. The van der Waals surface area contributed by atoms with E-state index in [-0.39, 0.29) is 11.9 Å². The molecule has 1 amide bonds. The molecule has 0 saturated carbocycles. The molecule has 1 N–H and O–H groups in total. The van der Waals surface area contributed by atoms with Crippen molar-refractivity contribution in [2.45, 2.75) is 38.3 Å². The third-order valence-electron chi connectivity index (χ3n) is 5.41. The third-order valence-corrected chi connectivity index (χ3v) is 5.41. The summed E-state index contributed by atoms with van der Waals surface area (Å²) in [6, 6.07) is 2.20. The molecule has 0 aliphatic carbocycles. The first-order valence-corrected chi connectivity index (χ1v) is 10.4. The molecular formula is C20H34N6O2.